The second-order valence-corrected chi connectivity index (χ2v) is 9.37. The van der Waals surface area contributed by atoms with Gasteiger partial charge in [-0.05, 0) is 81.6 Å². The van der Waals surface area contributed by atoms with Gasteiger partial charge in [-0.25, -0.2) is 4.79 Å². The highest BCUT2D eigenvalue weighted by molar-refractivity contribution is 6.31. The smallest absolute Gasteiger partial charge is 0.338 e. The van der Waals surface area contributed by atoms with Crippen molar-refractivity contribution in [1.82, 2.24) is 4.90 Å². The molecule has 0 unspecified atom stereocenters. The van der Waals surface area contributed by atoms with E-state index in [-0.39, 0.29) is 17.9 Å². The first-order valence-electron chi connectivity index (χ1n) is 11.3. The van der Waals surface area contributed by atoms with E-state index in [9.17, 15) is 14.4 Å². The molecule has 2 fully saturated rings. The van der Waals surface area contributed by atoms with E-state index in [2.05, 4.69) is 15.5 Å². The summed E-state index contributed by atoms with van der Waals surface area (Å²) in [5.41, 5.74) is 2.35. The molecule has 0 saturated carbocycles. The topological polar surface area (TPSA) is 87.7 Å². The Bertz CT molecular complexity index is 1150. The number of nitrogens with one attached hydrogen (secondary N) is 2. The molecule has 2 amide bonds. The minimum atomic E-state index is -1.07. The lowest BCUT2D eigenvalue weighted by Gasteiger charge is -2.36. The second kappa shape index (κ2) is 8.15. The van der Waals surface area contributed by atoms with E-state index in [1.54, 1.807) is 31.2 Å². The van der Waals surface area contributed by atoms with Gasteiger partial charge in [0.1, 0.15) is 5.54 Å². The summed E-state index contributed by atoms with van der Waals surface area (Å²) in [5, 5.41) is 6.57. The molecule has 3 aliphatic heterocycles. The number of carbonyl (C=O) groups excluding carboxylic acids is 3. The molecule has 2 saturated heterocycles. The van der Waals surface area contributed by atoms with Gasteiger partial charge in [-0.2, -0.15) is 0 Å². The molecular formula is C25H26ClN3O4. The molecule has 0 bridgehead atoms. The van der Waals surface area contributed by atoms with E-state index in [1.807, 2.05) is 19.1 Å². The van der Waals surface area contributed by atoms with Crippen molar-refractivity contribution >= 4 is 40.8 Å². The largest absolute Gasteiger partial charge is 0.462 e. The van der Waals surface area contributed by atoms with E-state index in [0.717, 1.165) is 36.2 Å². The van der Waals surface area contributed by atoms with Gasteiger partial charge < -0.3 is 15.4 Å². The van der Waals surface area contributed by atoms with Gasteiger partial charge in [0.15, 0.2) is 0 Å². The predicted octanol–water partition coefficient (Wildman–Crippen LogP) is 4.10. The molecule has 8 heteroatoms. The zero-order chi connectivity index (χ0) is 23.3. The van der Waals surface area contributed by atoms with Crippen LogP contribution in [0.15, 0.2) is 36.4 Å². The average Bonchev–Trinajstić information content (AvgIpc) is 3.44. The van der Waals surface area contributed by atoms with Gasteiger partial charge in [0, 0.05) is 28.0 Å². The molecule has 2 aromatic rings. The number of rotatable bonds is 4. The fraction of sp³-hybridized carbons (Fsp3) is 0.400. The summed E-state index contributed by atoms with van der Waals surface area (Å²) in [4.78, 5) is 41.3. The molecule has 2 N–H and O–H groups in total. The zero-order valence-electron chi connectivity index (χ0n) is 18.6. The Morgan fingerprint density at radius 2 is 2.03 bits per heavy atom. The normalized spacial score (nSPS) is 25.6. The van der Waals surface area contributed by atoms with E-state index in [4.69, 9.17) is 16.3 Å². The molecular weight excluding hydrogens is 442 g/mol. The molecule has 5 rings (SSSR count). The van der Waals surface area contributed by atoms with E-state index >= 15 is 0 Å². The van der Waals surface area contributed by atoms with Crippen LogP contribution >= 0.6 is 11.6 Å². The third-order valence-electron chi connectivity index (χ3n) is 7.12. The van der Waals surface area contributed by atoms with Crippen molar-refractivity contribution in [3.8, 4) is 0 Å². The Labute approximate surface area is 197 Å². The Hall–Kier alpha value is -2.90. The quantitative estimate of drug-likeness (QED) is 0.661. The Kier molecular flexibility index (Phi) is 5.41. The number of halogens is 1. The monoisotopic (exact) mass is 467 g/mol. The van der Waals surface area contributed by atoms with Crippen molar-refractivity contribution in [1.29, 1.82) is 0 Å². The fourth-order valence-corrected chi connectivity index (χ4v) is 6.06. The number of esters is 1. The number of aryl methyl sites for hydroxylation is 1. The van der Waals surface area contributed by atoms with Crippen molar-refractivity contribution in [3.05, 3.63) is 58.1 Å². The van der Waals surface area contributed by atoms with Crippen LogP contribution < -0.4 is 10.6 Å². The Morgan fingerprint density at radius 1 is 1.27 bits per heavy atom. The Morgan fingerprint density at radius 3 is 2.76 bits per heavy atom. The van der Waals surface area contributed by atoms with Crippen LogP contribution in [0, 0.1) is 12.8 Å². The summed E-state index contributed by atoms with van der Waals surface area (Å²) in [6.45, 7) is 4.73. The molecule has 3 atom stereocenters. The molecule has 172 valence electrons. The number of nitrogens with zero attached hydrogens (tertiary/aromatic N) is 1. The first-order chi connectivity index (χ1) is 15.9. The molecule has 33 heavy (non-hydrogen) atoms. The van der Waals surface area contributed by atoms with Gasteiger partial charge in [-0.3, -0.25) is 14.5 Å². The molecule has 0 radical (unpaired) electrons. The number of hydrogen-bond acceptors (Lipinski definition) is 5. The van der Waals surface area contributed by atoms with Gasteiger partial charge in [0.2, 0.25) is 11.8 Å². The third kappa shape index (κ3) is 3.33. The van der Waals surface area contributed by atoms with Crippen molar-refractivity contribution in [2.45, 2.75) is 44.7 Å². The molecule has 0 aliphatic carbocycles. The maximum Gasteiger partial charge on any atom is 0.338 e. The van der Waals surface area contributed by atoms with Crippen LogP contribution in [-0.2, 0) is 19.9 Å². The number of benzene rings is 2. The molecule has 7 nitrogen and oxygen atoms in total. The molecule has 1 spiro atoms. The molecule has 3 aliphatic rings. The molecule has 0 aromatic heterocycles. The minimum absolute atomic E-state index is 0.162. The Balaban J connectivity index is 1.49. The van der Waals surface area contributed by atoms with Gasteiger partial charge >= 0.3 is 5.97 Å². The van der Waals surface area contributed by atoms with E-state index in [0.29, 0.717) is 29.3 Å². The minimum Gasteiger partial charge on any atom is -0.462 e. The van der Waals surface area contributed by atoms with Crippen molar-refractivity contribution in [2.24, 2.45) is 5.92 Å². The number of amides is 2. The van der Waals surface area contributed by atoms with Crippen LogP contribution in [0.5, 0.6) is 0 Å². The highest BCUT2D eigenvalue weighted by Crippen LogP contribution is 2.56. The summed E-state index contributed by atoms with van der Waals surface area (Å²) in [6.07, 6.45) is 2.56. The number of carbonyl (C=O) groups is 3. The number of ether oxygens (including phenoxy) is 1. The zero-order valence-corrected chi connectivity index (χ0v) is 19.4. The second-order valence-electron chi connectivity index (χ2n) is 8.93. The van der Waals surface area contributed by atoms with E-state index in [1.165, 1.54) is 0 Å². The lowest BCUT2D eigenvalue weighted by molar-refractivity contribution is -0.135. The van der Waals surface area contributed by atoms with Crippen LogP contribution in [-0.4, -0.2) is 41.9 Å². The standard InChI is InChI=1S/C25H26ClN3O4/c1-3-33-23(31)15-6-8-17(9-7-15)27-22(30)20-13-18-5-4-10-29(18)25(20)19-12-16(26)11-14(2)21(19)28-24(25)32/h6-9,11-12,18,20H,3-5,10,13H2,1-2H3,(H,27,30)(H,28,32)/t18-,20+,25-/m0/s1. The van der Waals surface area contributed by atoms with Crippen LogP contribution in [0.1, 0.15) is 47.7 Å². The van der Waals surface area contributed by atoms with Crippen LogP contribution in [0.3, 0.4) is 0 Å². The summed E-state index contributed by atoms with van der Waals surface area (Å²) >= 11 is 6.40. The number of fused-ring (bicyclic) bond motifs is 4. The maximum absolute atomic E-state index is 13.6. The van der Waals surface area contributed by atoms with Crippen molar-refractivity contribution in [3.63, 3.8) is 0 Å². The van der Waals surface area contributed by atoms with Gasteiger partial charge in [0.05, 0.1) is 18.1 Å². The van der Waals surface area contributed by atoms with E-state index < -0.39 is 17.4 Å². The summed E-state index contributed by atoms with van der Waals surface area (Å²) in [5.74, 6) is -1.34. The van der Waals surface area contributed by atoms with Crippen molar-refractivity contribution in [2.75, 3.05) is 23.8 Å². The van der Waals surface area contributed by atoms with Crippen LogP contribution in [0.4, 0.5) is 11.4 Å². The first kappa shape index (κ1) is 21.9. The highest BCUT2D eigenvalue weighted by Gasteiger charge is 2.65. The maximum atomic E-state index is 13.6. The van der Waals surface area contributed by atoms with Crippen LogP contribution in [0.2, 0.25) is 5.02 Å². The summed E-state index contributed by atoms with van der Waals surface area (Å²) in [6, 6.07) is 10.4. The molecule has 2 aromatic carbocycles. The van der Waals surface area contributed by atoms with Gasteiger partial charge in [0.25, 0.3) is 0 Å². The SMILES string of the molecule is CCOC(=O)c1ccc(NC(=O)[C@H]2C[C@@H]3CCCN3[C@]23C(=O)Nc2c(C)cc(Cl)cc23)cc1. The average molecular weight is 468 g/mol. The van der Waals surface area contributed by atoms with Crippen LogP contribution in [0.25, 0.3) is 0 Å². The fourth-order valence-electron chi connectivity index (χ4n) is 5.79. The van der Waals surface area contributed by atoms with Gasteiger partial charge in [-0.1, -0.05) is 11.6 Å². The van der Waals surface area contributed by atoms with Gasteiger partial charge in [-0.15, -0.1) is 0 Å². The summed E-state index contributed by atoms with van der Waals surface area (Å²) < 4.78 is 5.01. The number of anilines is 2. The van der Waals surface area contributed by atoms with Crippen molar-refractivity contribution < 1.29 is 19.1 Å². The first-order valence-corrected chi connectivity index (χ1v) is 11.7. The number of hydrogen-bond donors (Lipinski definition) is 2. The highest BCUT2D eigenvalue weighted by atomic mass is 35.5. The third-order valence-corrected chi connectivity index (χ3v) is 7.34. The predicted molar refractivity (Wildman–Crippen MR) is 125 cm³/mol. The lowest BCUT2D eigenvalue weighted by Crippen LogP contribution is -2.53. The summed E-state index contributed by atoms with van der Waals surface area (Å²) in [7, 11) is 0. The molecule has 3 heterocycles. The lowest BCUT2D eigenvalue weighted by atomic mass is 9.78.